The van der Waals surface area contributed by atoms with Gasteiger partial charge in [0.1, 0.15) is 0 Å². The van der Waals surface area contributed by atoms with Gasteiger partial charge in [0, 0.05) is 12.6 Å². The van der Waals surface area contributed by atoms with Gasteiger partial charge in [-0.05, 0) is 45.3 Å². The summed E-state index contributed by atoms with van der Waals surface area (Å²) in [5, 5.41) is 3.23. The number of halogens is 1. The monoisotopic (exact) mass is 240 g/mol. The van der Waals surface area contributed by atoms with Gasteiger partial charge in [0.05, 0.1) is 7.11 Å². The van der Waals surface area contributed by atoms with Gasteiger partial charge in [-0.3, -0.25) is 0 Å². The van der Waals surface area contributed by atoms with Gasteiger partial charge < -0.3 is 15.0 Å². The number of rotatable bonds is 6. The Kier molecular flexibility index (Phi) is 5.38. The standard InChI is InChI=1S/C13H21FN2O/c1-15-11(9-16(2)3)7-10-5-6-13(17-4)12(14)8-10/h5-6,8,11,15H,7,9H2,1-4H3. The summed E-state index contributed by atoms with van der Waals surface area (Å²) >= 11 is 0. The fraction of sp³-hybridized carbons (Fsp3) is 0.538. The number of methoxy groups -OCH3 is 1. The van der Waals surface area contributed by atoms with E-state index in [2.05, 4.69) is 10.2 Å². The average molecular weight is 240 g/mol. The molecule has 0 aliphatic rings. The number of nitrogens with zero attached hydrogens (tertiary/aromatic N) is 1. The number of hydrogen-bond donors (Lipinski definition) is 1. The van der Waals surface area contributed by atoms with E-state index in [1.54, 1.807) is 12.1 Å². The molecule has 0 saturated carbocycles. The molecule has 0 aromatic heterocycles. The van der Waals surface area contributed by atoms with Gasteiger partial charge in [-0.1, -0.05) is 6.07 Å². The summed E-state index contributed by atoms with van der Waals surface area (Å²) in [6, 6.07) is 5.44. The van der Waals surface area contributed by atoms with Gasteiger partial charge in [-0.2, -0.15) is 0 Å². The SMILES string of the molecule is CNC(Cc1ccc(OC)c(F)c1)CN(C)C. The lowest BCUT2D eigenvalue weighted by atomic mass is 10.1. The molecule has 0 fully saturated rings. The Labute approximate surface area is 103 Å². The lowest BCUT2D eigenvalue weighted by Crippen LogP contribution is -2.37. The van der Waals surface area contributed by atoms with Crippen molar-refractivity contribution >= 4 is 0 Å². The molecule has 96 valence electrons. The Bertz CT molecular complexity index is 355. The maximum atomic E-state index is 13.5. The van der Waals surface area contributed by atoms with Crippen LogP contribution in [-0.2, 0) is 6.42 Å². The molecule has 1 rings (SSSR count). The molecule has 0 radical (unpaired) electrons. The van der Waals surface area contributed by atoms with Gasteiger partial charge in [-0.15, -0.1) is 0 Å². The van der Waals surface area contributed by atoms with Crippen LogP contribution in [-0.4, -0.2) is 45.7 Å². The average Bonchev–Trinajstić information content (AvgIpc) is 2.27. The van der Waals surface area contributed by atoms with Crippen LogP contribution in [0.3, 0.4) is 0 Å². The minimum Gasteiger partial charge on any atom is -0.494 e. The number of likely N-dealkylation sites (N-methyl/N-ethyl adjacent to an activating group) is 2. The van der Waals surface area contributed by atoms with Crippen LogP contribution in [0.4, 0.5) is 4.39 Å². The van der Waals surface area contributed by atoms with Crippen LogP contribution in [0.1, 0.15) is 5.56 Å². The van der Waals surface area contributed by atoms with E-state index in [1.807, 2.05) is 27.2 Å². The molecule has 0 aliphatic carbocycles. The van der Waals surface area contributed by atoms with Crippen LogP contribution in [0, 0.1) is 5.82 Å². The largest absolute Gasteiger partial charge is 0.494 e. The summed E-state index contributed by atoms with van der Waals surface area (Å²) in [5.41, 5.74) is 0.976. The molecular formula is C13H21FN2O. The molecule has 0 amide bonds. The molecular weight excluding hydrogens is 219 g/mol. The predicted octanol–water partition coefficient (Wildman–Crippen LogP) is 1.53. The highest BCUT2D eigenvalue weighted by Gasteiger charge is 2.10. The van der Waals surface area contributed by atoms with Crippen molar-refractivity contribution in [3.8, 4) is 5.75 Å². The second-order valence-corrected chi connectivity index (χ2v) is 4.42. The maximum Gasteiger partial charge on any atom is 0.165 e. The van der Waals surface area contributed by atoms with Crippen LogP contribution in [0.5, 0.6) is 5.75 Å². The molecule has 0 spiro atoms. The van der Waals surface area contributed by atoms with Crippen molar-refractivity contribution < 1.29 is 9.13 Å². The maximum absolute atomic E-state index is 13.5. The molecule has 4 heteroatoms. The molecule has 0 aliphatic heterocycles. The Morgan fingerprint density at radius 2 is 2.12 bits per heavy atom. The zero-order valence-corrected chi connectivity index (χ0v) is 11.0. The van der Waals surface area contributed by atoms with E-state index in [0.29, 0.717) is 11.8 Å². The third-order valence-corrected chi connectivity index (χ3v) is 2.69. The van der Waals surface area contributed by atoms with Gasteiger partial charge in [0.25, 0.3) is 0 Å². The van der Waals surface area contributed by atoms with Crippen LogP contribution in [0.25, 0.3) is 0 Å². The molecule has 0 bridgehead atoms. The molecule has 1 aromatic carbocycles. The number of hydrogen-bond acceptors (Lipinski definition) is 3. The normalized spacial score (nSPS) is 12.8. The third kappa shape index (κ3) is 4.32. The number of benzene rings is 1. The summed E-state index contributed by atoms with van der Waals surface area (Å²) < 4.78 is 18.4. The van der Waals surface area contributed by atoms with Crippen LogP contribution in [0.15, 0.2) is 18.2 Å². The van der Waals surface area contributed by atoms with Gasteiger partial charge in [0.2, 0.25) is 0 Å². The Morgan fingerprint density at radius 3 is 2.59 bits per heavy atom. The lowest BCUT2D eigenvalue weighted by Gasteiger charge is -2.20. The topological polar surface area (TPSA) is 24.5 Å². The van der Waals surface area contributed by atoms with Crippen LogP contribution in [0.2, 0.25) is 0 Å². The quantitative estimate of drug-likeness (QED) is 0.816. The highest BCUT2D eigenvalue weighted by Crippen LogP contribution is 2.18. The van der Waals surface area contributed by atoms with Crippen molar-refractivity contribution in [3.05, 3.63) is 29.6 Å². The molecule has 17 heavy (non-hydrogen) atoms. The lowest BCUT2D eigenvalue weighted by molar-refractivity contribution is 0.346. The van der Waals surface area contributed by atoms with E-state index in [4.69, 9.17) is 4.74 Å². The molecule has 3 nitrogen and oxygen atoms in total. The van der Waals surface area contributed by atoms with Gasteiger partial charge in [0.15, 0.2) is 11.6 Å². The fourth-order valence-corrected chi connectivity index (χ4v) is 1.82. The summed E-state index contributed by atoms with van der Waals surface area (Å²) in [6.45, 7) is 0.921. The van der Waals surface area contributed by atoms with E-state index < -0.39 is 0 Å². The zero-order chi connectivity index (χ0) is 12.8. The summed E-state index contributed by atoms with van der Waals surface area (Å²) in [7, 11) is 7.45. The van der Waals surface area contributed by atoms with Crippen molar-refractivity contribution in [2.24, 2.45) is 0 Å². The Morgan fingerprint density at radius 1 is 1.41 bits per heavy atom. The first-order chi connectivity index (χ1) is 8.06. The summed E-state index contributed by atoms with van der Waals surface area (Å²) in [6.07, 6.45) is 0.801. The molecule has 1 unspecified atom stereocenters. The molecule has 0 saturated heterocycles. The minimum absolute atomic E-state index is 0.294. The number of ether oxygens (including phenoxy) is 1. The van der Waals surface area contributed by atoms with E-state index in [-0.39, 0.29) is 5.82 Å². The number of nitrogens with one attached hydrogen (secondary N) is 1. The van der Waals surface area contributed by atoms with Crippen LogP contribution < -0.4 is 10.1 Å². The van der Waals surface area contributed by atoms with Crippen molar-refractivity contribution in [2.45, 2.75) is 12.5 Å². The van der Waals surface area contributed by atoms with E-state index in [0.717, 1.165) is 18.5 Å². The summed E-state index contributed by atoms with van der Waals surface area (Å²) in [5.74, 6) is -0.00734. The molecule has 0 heterocycles. The minimum atomic E-state index is -0.301. The molecule has 1 N–H and O–H groups in total. The second kappa shape index (κ2) is 6.57. The molecule has 1 atom stereocenters. The van der Waals surface area contributed by atoms with Crippen molar-refractivity contribution in [2.75, 3.05) is 34.8 Å². The summed E-state index contributed by atoms with van der Waals surface area (Å²) in [4.78, 5) is 2.11. The smallest absolute Gasteiger partial charge is 0.165 e. The first kappa shape index (κ1) is 13.9. The van der Waals surface area contributed by atoms with Gasteiger partial charge >= 0.3 is 0 Å². The van der Waals surface area contributed by atoms with Crippen molar-refractivity contribution in [1.82, 2.24) is 10.2 Å². The highest BCUT2D eigenvalue weighted by molar-refractivity contribution is 5.29. The third-order valence-electron chi connectivity index (χ3n) is 2.69. The first-order valence-corrected chi connectivity index (χ1v) is 5.71. The second-order valence-electron chi connectivity index (χ2n) is 4.42. The fourth-order valence-electron chi connectivity index (χ4n) is 1.82. The predicted molar refractivity (Wildman–Crippen MR) is 68.1 cm³/mol. The zero-order valence-electron chi connectivity index (χ0n) is 11.0. The molecule has 1 aromatic rings. The van der Waals surface area contributed by atoms with Crippen LogP contribution >= 0.6 is 0 Å². The van der Waals surface area contributed by atoms with Crippen molar-refractivity contribution in [3.63, 3.8) is 0 Å². The highest BCUT2D eigenvalue weighted by atomic mass is 19.1. The Hall–Kier alpha value is -1.13. The van der Waals surface area contributed by atoms with Crippen molar-refractivity contribution in [1.29, 1.82) is 0 Å². The first-order valence-electron chi connectivity index (χ1n) is 5.71. The van der Waals surface area contributed by atoms with E-state index >= 15 is 0 Å². The van der Waals surface area contributed by atoms with Gasteiger partial charge in [-0.25, -0.2) is 4.39 Å². The van der Waals surface area contributed by atoms with E-state index in [9.17, 15) is 4.39 Å². The van der Waals surface area contributed by atoms with E-state index in [1.165, 1.54) is 7.11 Å². The Balaban J connectivity index is 2.69.